The molecule has 0 bridgehead atoms. The zero-order valence-electron chi connectivity index (χ0n) is 15.0. The number of carbonyl (C=O) groups excluding carboxylic acids is 2. The molecular weight excluding hydrogens is 316 g/mol. The molecule has 1 amide bonds. The van der Waals surface area contributed by atoms with E-state index in [4.69, 9.17) is 4.74 Å². The second-order valence-electron chi connectivity index (χ2n) is 6.90. The zero-order chi connectivity index (χ0) is 18.4. The van der Waals surface area contributed by atoms with Crippen molar-refractivity contribution >= 4 is 18.0 Å². The predicted octanol–water partition coefficient (Wildman–Crippen LogP) is 2.95. The highest BCUT2D eigenvalue weighted by Crippen LogP contribution is 2.21. The molecule has 0 spiro atoms. The van der Waals surface area contributed by atoms with E-state index < -0.39 is 5.97 Å². The topological polar surface area (TPSA) is 70.4 Å². The Morgan fingerprint density at radius 3 is 2.40 bits per heavy atom. The highest BCUT2D eigenvalue weighted by atomic mass is 16.5. The summed E-state index contributed by atoms with van der Waals surface area (Å²) in [6.45, 7) is 7.22. The summed E-state index contributed by atoms with van der Waals surface area (Å²) in [5.74, 6) is -0.0899. The monoisotopic (exact) mass is 340 g/mol. The molecule has 2 rings (SSSR count). The quantitative estimate of drug-likeness (QED) is 0.480. The molecule has 25 heavy (non-hydrogen) atoms. The molecule has 0 radical (unpaired) electrons. The predicted molar refractivity (Wildman–Crippen MR) is 95.3 cm³/mol. The first kappa shape index (κ1) is 18.7. The lowest BCUT2D eigenvalue weighted by Gasteiger charge is -2.34. The maximum atomic E-state index is 12.2. The standard InChI is InChI=1S/C20H24N2O3/c1-14-4-6-17(7-5-14)9-18(10-21)20(24)25-13-19(23)22-11-15(2)8-16(3)12-22/h4-7,9,15-16H,8,11-13H2,1-3H3/b18-9+/t15-,16-/m1/s1. The first-order chi connectivity index (χ1) is 11.9. The van der Waals surface area contributed by atoms with E-state index in [1.54, 1.807) is 4.90 Å². The van der Waals surface area contributed by atoms with Gasteiger partial charge in [0.15, 0.2) is 6.61 Å². The number of aryl methyl sites for hydroxylation is 1. The van der Waals surface area contributed by atoms with E-state index in [0.717, 1.165) is 17.5 Å². The number of nitrogens with zero attached hydrogens (tertiary/aromatic N) is 2. The van der Waals surface area contributed by atoms with E-state index in [-0.39, 0.29) is 18.1 Å². The van der Waals surface area contributed by atoms with Gasteiger partial charge < -0.3 is 9.64 Å². The Morgan fingerprint density at radius 1 is 1.24 bits per heavy atom. The van der Waals surface area contributed by atoms with Gasteiger partial charge in [0, 0.05) is 13.1 Å². The molecule has 0 saturated carbocycles. The lowest BCUT2D eigenvalue weighted by Crippen LogP contribution is -2.44. The summed E-state index contributed by atoms with van der Waals surface area (Å²) in [4.78, 5) is 26.1. The summed E-state index contributed by atoms with van der Waals surface area (Å²) < 4.78 is 5.06. The molecule has 0 N–H and O–H groups in total. The number of nitriles is 1. The molecule has 1 fully saturated rings. The van der Waals surface area contributed by atoms with Gasteiger partial charge in [0.05, 0.1) is 0 Å². The van der Waals surface area contributed by atoms with Crippen LogP contribution < -0.4 is 0 Å². The van der Waals surface area contributed by atoms with Crippen molar-refractivity contribution in [2.24, 2.45) is 11.8 Å². The molecule has 1 aromatic carbocycles. The number of esters is 1. The molecule has 0 unspecified atom stereocenters. The summed E-state index contributed by atoms with van der Waals surface area (Å²) in [6.07, 6.45) is 2.57. The maximum absolute atomic E-state index is 12.2. The van der Waals surface area contributed by atoms with Gasteiger partial charge in [-0.1, -0.05) is 43.7 Å². The van der Waals surface area contributed by atoms with Gasteiger partial charge in [0.1, 0.15) is 11.6 Å². The van der Waals surface area contributed by atoms with Gasteiger partial charge in [-0.3, -0.25) is 4.79 Å². The van der Waals surface area contributed by atoms with E-state index in [2.05, 4.69) is 13.8 Å². The second-order valence-corrected chi connectivity index (χ2v) is 6.90. The fourth-order valence-corrected chi connectivity index (χ4v) is 3.13. The Morgan fingerprint density at radius 2 is 1.84 bits per heavy atom. The van der Waals surface area contributed by atoms with Gasteiger partial charge >= 0.3 is 5.97 Å². The van der Waals surface area contributed by atoms with Gasteiger partial charge in [-0.15, -0.1) is 0 Å². The van der Waals surface area contributed by atoms with Crippen LogP contribution >= 0.6 is 0 Å². The largest absolute Gasteiger partial charge is 0.451 e. The molecule has 5 nitrogen and oxygen atoms in total. The molecule has 132 valence electrons. The fraction of sp³-hybridized carbons (Fsp3) is 0.450. The van der Waals surface area contributed by atoms with E-state index in [1.807, 2.05) is 37.3 Å². The number of rotatable bonds is 4. The number of piperidine rings is 1. The van der Waals surface area contributed by atoms with E-state index >= 15 is 0 Å². The summed E-state index contributed by atoms with van der Waals surface area (Å²) in [7, 11) is 0. The molecule has 1 aliphatic heterocycles. The lowest BCUT2D eigenvalue weighted by atomic mass is 9.92. The van der Waals surface area contributed by atoms with Crippen molar-refractivity contribution in [1.82, 2.24) is 4.90 Å². The minimum atomic E-state index is -0.769. The SMILES string of the molecule is Cc1ccc(/C=C(\C#N)C(=O)OCC(=O)N2C[C@H](C)C[C@@H](C)C2)cc1. The Balaban J connectivity index is 1.94. The summed E-state index contributed by atoms with van der Waals surface area (Å²) >= 11 is 0. The average molecular weight is 340 g/mol. The molecule has 1 saturated heterocycles. The smallest absolute Gasteiger partial charge is 0.349 e. The van der Waals surface area contributed by atoms with Crippen LogP contribution in [0.1, 0.15) is 31.4 Å². The van der Waals surface area contributed by atoms with Crippen molar-refractivity contribution in [3.63, 3.8) is 0 Å². The number of amides is 1. The number of carbonyl (C=O) groups is 2. The third-order valence-corrected chi connectivity index (χ3v) is 4.28. The van der Waals surface area contributed by atoms with Crippen LogP contribution in [-0.4, -0.2) is 36.5 Å². The van der Waals surface area contributed by atoms with Crippen LogP contribution in [0.4, 0.5) is 0 Å². The Kier molecular flexibility index (Phi) is 6.35. The first-order valence-corrected chi connectivity index (χ1v) is 8.52. The highest BCUT2D eigenvalue weighted by Gasteiger charge is 2.26. The van der Waals surface area contributed by atoms with Crippen LogP contribution in [0.25, 0.3) is 6.08 Å². The number of ether oxygens (including phenoxy) is 1. The van der Waals surface area contributed by atoms with Crippen molar-refractivity contribution in [2.45, 2.75) is 27.2 Å². The molecule has 5 heteroatoms. The van der Waals surface area contributed by atoms with Crippen LogP contribution in [0, 0.1) is 30.1 Å². The summed E-state index contributed by atoms with van der Waals surface area (Å²) in [5.41, 5.74) is 1.72. The van der Waals surface area contributed by atoms with Crippen molar-refractivity contribution in [2.75, 3.05) is 19.7 Å². The molecule has 0 aliphatic carbocycles. The minimum Gasteiger partial charge on any atom is -0.451 e. The molecule has 2 atom stereocenters. The van der Waals surface area contributed by atoms with E-state index in [1.165, 1.54) is 6.08 Å². The van der Waals surface area contributed by atoms with Crippen LogP contribution in [0.15, 0.2) is 29.8 Å². The Hall–Kier alpha value is -2.61. The minimum absolute atomic E-state index is 0.114. The lowest BCUT2D eigenvalue weighted by molar-refractivity contribution is -0.149. The second kappa shape index (κ2) is 8.48. The highest BCUT2D eigenvalue weighted by molar-refractivity contribution is 5.98. The molecule has 1 aliphatic rings. The maximum Gasteiger partial charge on any atom is 0.349 e. The van der Waals surface area contributed by atoms with Crippen LogP contribution in [-0.2, 0) is 14.3 Å². The van der Waals surface area contributed by atoms with Crippen LogP contribution in [0.2, 0.25) is 0 Å². The van der Waals surface area contributed by atoms with Crippen molar-refractivity contribution in [3.8, 4) is 6.07 Å². The summed E-state index contributed by atoms with van der Waals surface area (Å²) in [5, 5.41) is 9.18. The van der Waals surface area contributed by atoms with Gasteiger partial charge in [0.25, 0.3) is 5.91 Å². The molecule has 1 heterocycles. The Bertz CT molecular complexity index is 691. The number of hydrogen-bond donors (Lipinski definition) is 0. The zero-order valence-corrected chi connectivity index (χ0v) is 15.0. The number of likely N-dealkylation sites (tertiary alicyclic amines) is 1. The molecule has 0 aromatic heterocycles. The summed E-state index contributed by atoms with van der Waals surface area (Å²) in [6, 6.07) is 9.28. The van der Waals surface area contributed by atoms with Gasteiger partial charge in [-0.25, -0.2) is 4.79 Å². The fourth-order valence-electron chi connectivity index (χ4n) is 3.13. The molecule has 1 aromatic rings. The van der Waals surface area contributed by atoms with Gasteiger partial charge in [-0.2, -0.15) is 5.26 Å². The molecular formula is C20H24N2O3. The first-order valence-electron chi connectivity index (χ1n) is 8.52. The third-order valence-electron chi connectivity index (χ3n) is 4.28. The van der Waals surface area contributed by atoms with Crippen molar-refractivity contribution in [1.29, 1.82) is 5.26 Å². The van der Waals surface area contributed by atoms with E-state index in [0.29, 0.717) is 24.9 Å². The van der Waals surface area contributed by atoms with E-state index in [9.17, 15) is 14.9 Å². The Labute approximate surface area is 148 Å². The van der Waals surface area contributed by atoms with Gasteiger partial charge in [-0.05, 0) is 36.8 Å². The van der Waals surface area contributed by atoms with Crippen molar-refractivity contribution < 1.29 is 14.3 Å². The van der Waals surface area contributed by atoms with Gasteiger partial charge in [0.2, 0.25) is 0 Å². The normalized spacial score (nSPS) is 20.7. The van der Waals surface area contributed by atoms with Crippen LogP contribution in [0.5, 0.6) is 0 Å². The average Bonchev–Trinajstić information content (AvgIpc) is 2.58. The van der Waals surface area contributed by atoms with Crippen LogP contribution in [0.3, 0.4) is 0 Å². The third kappa shape index (κ3) is 5.46. The number of hydrogen-bond acceptors (Lipinski definition) is 4. The van der Waals surface area contributed by atoms with Crippen molar-refractivity contribution in [3.05, 3.63) is 41.0 Å². The number of benzene rings is 1.